The lowest BCUT2D eigenvalue weighted by Gasteiger charge is -2.10. The van der Waals surface area contributed by atoms with E-state index in [4.69, 9.17) is 5.73 Å². The van der Waals surface area contributed by atoms with Crippen LogP contribution in [0, 0.1) is 6.92 Å². The summed E-state index contributed by atoms with van der Waals surface area (Å²) in [6.45, 7) is 4.85. The Kier molecular flexibility index (Phi) is 5.09. The predicted molar refractivity (Wildman–Crippen MR) is 81.5 cm³/mol. The molecule has 0 aliphatic rings. The van der Waals surface area contributed by atoms with Crippen molar-refractivity contribution in [3.05, 3.63) is 28.5 Å². The Hall–Kier alpha value is -1.29. The zero-order valence-electron chi connectivity index (χ0n) is 12.0. The SMILES string of the molecule is Cc1cnc(C(C)NS(=O)(=O)c2cnn(CCCN)c2)s1. The molecule has 0 fully saturated rings. The van der Waals surface area contributed by atoms with Gasteiger partial charge in [0.2, 0.25) is 10.0 Å². The van der Waals surface area contributed by atoms with Crippen molar-refractivity contribution in [2.45, 2.75) is 37.8 Å². The Morgan fingerprint density at radius 2 is 2.24 bits per heavy atom. The molecule has 9 heteroatoms. The zero-order chi connectivity index (χ0) is 15.5. The maximum atomic E-state index is 12.3. The number of hydrogen-bond acceptors (Lipinski definition) is 6. The molecule has 0 saturated carbocycles. The van der Waals surface area contributed by atoms with Crippen molar-refractivity contribution >= 4 is 21.4 Å². The largest absolute Gasteiger partial charge is 0.330 e. The summed E-state index contributed by atoms with van der Waals surface area (Å²) in [5.74, 6) is 0. The zero-order valence-corrected chi connectivity index (χ0v) is 13.6. The maximum absolute atomic E-state index is 12.3. The van der Waals surface area contributed by atoms with Crippen molar-refractivity contribution < 1.29 is 8.42 Å². The van der Waals surface area contributed by atoms with Crippen molar-refractivity contribution in [3.8, 4) is 0 Å². The van der Waals surface area contributed by atoms with E-state index in [9.17, 15) is 8.42 Å². The van der Waals surface area contributed by atoms with Crippen LogP contribution in [0.25, 0.3) is 0 Å². The molecule has 0 spiro atoms. The first-order valence-corrected chi connectivity index (χ1v) is 8.89. The first kappa shape index (κ1) is 16.1. The highest BCUT2D eigenvalue weighted by molar-refractivity contribution is 7.89. The van der Waals surface area contributed by atoms with E-state index in [0.717, 1.165) is 16.3 Å². The Morgan fingerprint density at radius 1 is 1.48 bits per heavy atom. The number of aryl methyl sites for hydroxylation is 2. The third-order valence-electron chi connectivity index (χ3n) is 2.85. The highest BCUT2D eigenvalue weighted by Gasteiger charge is 2.21. The number of thiazole rings is 1. The molecule has 21 heavy (non-hydrogen) atoms. The van der Waals surface area contributed by atoms with E-state index in [-0.39, 0.29) is 10.9 Å². The van der Waals surface area contributed by atoms with Crippen LogP contribution >= 0.6 is 11.3 Å². The molecule has 2 heterocycles. The number of nitrogens with one attached hydrogen (secondary N) is 1. The first-order valence-electron chi connectivity index (χ1n) is 6.59. The summed E-state index contributed by atoms with van der Waals surface area (Å²) in [7, 11) is -3.60. The fourth-order valence-corrected chi connectivity index (χ4v) is 3.79. The van der Waals surface area contributed by atoms with Crippen LogP contribution in [0.15, 0.2) is 23.5 Å². The van der Waals surface area contributed by atoms with E-state index in [1.54, 1.807) is 17.8 Å². The molecule has 0 amide bonds. The van der Waals surface area contributed by atoms with Gasteiger partial charge in [-0.3, -0.25) is 4.68 Å². The molecular weight excluding hydrogens is 310 g/mol. The minimum atomic E-state index is -3.60. The number of aromatic nitrogens is 3. The number of nitrogens with two attached hydrogens (primary N) is 1. The highest BCUT2D eigenvalue weighted by Crippen LogP contribution is 2.21. The van der Waals surface area contributed by atoms with Gasteiger partial charge in [0.25, 0.3) is 0 Å². The molecule has 0 aliphatic heterocycles. The summed E-state index contributed by atoms with van der Waals surface area (Å²) >= 11 is 1.48. The average molecular weight is 329 g/mol. The number of hydrogen-bond donors (Lipinski definition) is 2. The third-order valence-corrected chi connectivity index (χ3v) is 5.44. The van der Waals surface area contributed by atoms with E-state index in [0.29, 0.717) is 13.1 Å². The number of rotatable bonds is 7. The van der Waals surface area contributed by atoms with E-state index >= 15 is 0 Å². The number of sulfonamides is 1. The molecule has 3 N–H and O–H groups in total. The normalized spacial score (nSPS) is 13.5. The summed E-state index contributed by atoms with van der Waals surface area (Å²) in [5, 5.41) is 4.78. The van der Waals surface area contributed by atoms with Gasteiger partial charge in [-0.15, -0.1) is 11.3 Å². The van der Waals surface area contributed by atoms with Gasteiger partial charge >= 0.3 is 0 Å². The Bertz CT molecular complexity index is 692. The van der Waals surface area contributed by atoms with Crippen molar-refractivity contribution in [1.82, 2.24) is 19.5 Å². The molecule has 1 unspecified atom stereocenters. The van der Waals surface area contributed by atoms with Gasteiger partial charge in [0.1, 0.15) is 9.90 Å². The van der Waals surface area contributed by atoms with Crippen LogP contribution in [0.2, 0.25) is 0 Å². The van der Waals surface area contributed by atoms with Crippen LogP contribution in [-0.4, -0.2) is 29.7 Å². The summed E-state index contributed by atoms with van der Waals surface area (Å²) in [6.07, 6.45) is 5.34. The van der Waals surface area contributed by atoms with Crippen molar-refractivity contribution in [3.63, 3.8) is 0 Å². The molecule has 0 radical (unpaired) electrons. The molecule has 2 rings (SSSR count). The standard InChI is InChI=1S/C12H19N5O2S2/c1-9-6-14-12(20-9)10(2)16-21(18,19)11-7-15-17(8-11)5-3-4-13/h6-8,10,16H,3-5,13H2,1-2H3. The topological polar surface area (TPSA) is 103 Å². The second-order valence-corrected chi connectivity index (χ2v) is 7.71. The molecule has 0 aliphatic carbocycles. The second kappa shape index (κ2) is 6.65. The van der Waals surface area contributed by atoms with Gasteiger partial charge in [0.05, 0.1) is 12.2 Å². The summed E-state index contributed by atoms with van der Waals surface area (Å²) < 4.78 is 28.8. The van der Waals surface area contributed by atoms with Crippen LogP contribution in [0.4, 0.5) is 0 Å². The molecule has 2 aromatic heterocycles. The molecule has 0 bridgehead atoms. The van der Waals surface area contributed by atoms with Crippen LogP contribution in [0.1, 0.15) is 29.3 Å². The van der Waals surface area contributed by atoms with E-state index in [1.807, 2.05) is 6.92 Å². The smallest absolute Gasteiger partial charge is 0.244 e. The molecule has 116 valence electrons. The van der Waals surface area contributed by atoms with E-state index in [2.05, 4.69) is 14.8 Å². The first-order chi connectivity index (χ1) is 9.92. The third kappa shape index (κ3) is 4.10. The van der Waals surface area contributed by atoms with Crippen LogP contribution in [0.5, 0.6) is 0 Å². The van der Waals surface area contributed by atoms with E-state index in [1.165, 1.54) is 23.7 Å². The lowest BCUT2D eigenvalue weighted by molar-refractivity contribution is 0.564. The summed E-state index contributed by atoms with van der Waals surface area (Å²) in [6, 6.07) is -0.374. The Balaban J connectivity index is 2.09. The van der Waals surface area contributed by atoms with Gasteiger partial charge in [-0.25, -0.2) is 18.1 Å². The second-order valence-electron chi connectivity index (χ2n) is 4.73. The van der Waals surface area contributed by atoms with Crippen molar-refractivity contribution in [2.75, 3.05) is 6.54 Å². The van der Waals surface area contributed by atoms with Gasteiger partial charge in [-0.2, -0.15) is 5.10 Å². The molecule has 1 atom stereocenters. The van der Waals surface area contributed by atoms with Gasteiger partial charge < -0.3 is 5.73 Å². The van der Waals surface area contributed by atoms with Crippen molar-refractivity contribution in [1.29, 1.82) is 0 Å². The Morgan fingerprint density at radius 3 is 2.86 bits per heavy atom. The van der Waals surface area contributed by atoms with Crippen LogP contribution < -0.4 is 10.5 Å². The molecule has 0 saturated heterocycles. The summed E-state index contributed by atoms with van der Waals surface area (Å²) in [4.78, 5) is 5.40. The van der Waals surface area contributed by atoms with E-state index < -0.39 is 10.0 Å². The molecule has 0 aromatic carbocycles. The molecular formula is C12H19N5O2S2. The van der Waals surface area contributed by atoms with Gasteiger partial charge in [-0.1, -0.05) is 0 Å². The fourth-order valence-electron chi connectivity index (χ4n) is 1.78. The molecule has 7 nitrogen and oxygen atoms in total. The highest BCUT2D eigenvalue weighted by atomic mass is 32.2. The summed E-state index contributed by atoms with van der Waals surface area (Å²) in [5.41, 5.74) is 5.42. The minimum absolute atomic E-state index is 0.152. The average Bonchev–Trinajstić information content (AvgIpc) is 3.05. The molecule has 2 aromatic rings. The fraction of sp³-hybridized carbons (Fsp3) is 0.500. The lowest BCUT2D eigenvalue weighted by atomic mass is 10.4. The van der Waals surface area contributed by atoms with Crippen LogP contribution in [0.3, 0.4) is 0 Å². The number of nitrogens with zero attached hydrogens (tertiary/aromatic N) is 3. The predicted octanol–water partition coefficient (Wildman–Crippen LogP) is 1.04. The quantitative estimate of drug-likeness (QED) is 0.790. The lowest BCUT2D eigenvalue weighted by Crippen LogP contribution is -2.26. The van der Waals surface area contributed by atoms with Crippen molar-refractivity contribution in [2.24, 2.45) is 5.73 Å². The minimum Gasteiger partial charge on any atom is -0.330 e. The van der Waals surface area contributed by atoms with Gasteiger partial charge in [-0.05, 0) is 26.8 Å². The van der Waals surface area contributed by atoms with Crippen LogP contribution in [-0.2, 0) is 16.6 Å². The van der Waals surface area contributed by atoms with Gasteiger partial charge in [0, 0.05) is 23.8 Å². The maximum Gasteiger partial charge on any atom is 0.244 e. The monoisotopic (exact) mass is 329 g/mol. The van der Waals surface area contributed by atoms with Gasteiger partial charge in [0.15, 0.2) is 0 Å². The Labute approximate surface area is 128 Å².